The molecule has 0 atom stereocenters. The zero-order valence-corrected chi connectivity index (χ0v) is 17.7. The highest BCUT2D eigenvalue weighted by atomic mass is 32.2. The Kier molecular flexibility index (Phi) is 6.83. The molecule has 0 saturated heterocycles. The first kappa shape index (κ1) is 23.3. The van der Waals surface area contributed by atoms with Crippen LogP contribution in [0.3, 0.4) is 0 Å². The molecule has 0 aliphatic carbocycles. The maximum Gasteiger partial charge on any atom is 0.416 e. The summed E-state index contributed by atoms with van der Waals surface area (Å²) in [7, 11) is -2.59. The number of rotatable bonds is 6. The summed E-state index contributed by atoms with van der Waals surface area (Å²) < 4.78 is 62.0. The summed E-state index contributed by atoms with van der Waals surface area (Å²) in [5.41, 5.74) is -0.323. The first-order valence-corrected chi connectivity index (χ1v) is 10.8. The Bertz CT molecular complexity index is 1290. The molecule has 0 fully saturated rings. The predicted octanol–water partition coefficient (Wildman–Crippen LogP) is 3.21. The lowest BCUT2D eigenvalue weighted by molar-refractivity contribution is -0.137. The molecule has 168 valence electrons. The molecular weight excluding hydrogens is 445 g/mol. The van der Waals surface area contributed by atoms with E-state index in [4.69, 9.17) is 0 Å². The number of nitrogens with one attached hydrogen (secondary N) is 1. The van der Waals surface area contributed by atoms with E-state index in [-0.39, 0.29) is 23.5 Å². The molecule has 10 heteroatoms. The molecule has 0 aliphatic rings. The third-order valence-electron chi connectivity index (χ3n) is 4.71. The number of alkyl halides is 3. The third kappa shape index (κ3) is 5.44. The van der Waals surface area contributed by atoms with Gasteiger partial charge in [-0.05, 0) is 48.4 Å². The van der Waals surface area contributed by atoms with E-state index >= 15 is 0 Å². The fourth-order valence-corrected chi connectivity index (χ4v) is 3.70. The fraction of sp³-hybridized carbons (Fsp3) is 0.182. The average molecular weight is 464 g/mol. The summed E-state index contributed by atoms with van der Waals surface area (Å²) in [6, 6.07) is 13.7. The Balaban J connectivity index is 1.87. The number of carbonyl (C=O) groups is 1. The molecule has 1 N–H and O–H groups in total. The first-order chi connectivity index (χ1) is 15.1. The van der Waals surface area contributed by atoms with Gasteiger partial charge in [-0.15, -0.1) is 0 Å². The summed E-state index contributed by atoms with van der Waals surface area (Å²) >= 11 is 0. The average Bonchev–Trinajstić information content (AvgIpc) is 2.71. The summed E-state index contributed by atoms with van der Waals surface area (Å²) in [5.74, 6) is -0.826. The van der Waals surface area contributed by atoms with Crippen LogP contribution in [0, 0.1) is 6.92 Å². The molecule has 3 aromatic rings. The van der Waals surface area contributed by atoms with Crippen molar-refractivity contribution in [2.24, 2.45) is 0 Å². The van der Waals surface area contributed by atoms with Crippen LogP contribution in [0.25, 0.3) is 5.69 Å². The standard InChI is InChI=1S/C22H19F3N2O4S/c1-14-8-9-19(20(28)26-12-15-4-2-5-16(10-15)13-32(30)31)21(29)27(14)18-7-3-6-17(11-18)22(23,24)25/h2-11,32H,12-13H2,1H3,(H,26,28). The van der Waals surface area contributed by atoms with Gasteiger partial charge in [0.25, 0.3) is 11.5 Å². The van der Waals surface area contributed by atoms with Gasteiger partial charge in [-0.1, -0.05) is 30.3 Å². The van der Waals surface area contributed by atoms with Crippen molar-refractivity contribution in [3.05, 3.63) is 99.0 Å². The normalized spacial score (nSPS) is 11.5. The van der Waals surface area contributed by atoms with Gasteiger partial charge < -0.3 is 5.32 Å². The van der Waals surface area contributed by atoms with Gasteiger partial charge in [0.2, 0.25) is 0 Å². The highest BCUT2D eigenvalue weighted by Gasteiger charge is 2.30. The lowest BCUT2D eigenvalue weighted by atomic mass is 10.1. The minimum atomic E-state index is -4.57. The van der Waals surface area contributed by atoms with E-state index in [1.807, 2.05) is 0 Å². The zero-order chi connectivity index (χ0) is 23.5. The van der Waals surface area contributed by atoms with Crippen molar-refractivity contribution < 1.29 is 26.4 Å². The second-order valence-corrected chi connectivity index (χ2v) is 8.05. The number of nitrogens with zero attached hydrogens (tertiary/aromatic N) is 1. The van der Waals surface area contributed by atoms with E-state index in [9.17, 15) is 31.2 Å². The maximum absolute atomic E-state index is 13.1. The lowest BCUT2D eigenvalue weighted by Gasteiger charge is -2.14. The summed E-state index contributed by atoms with van der Waals surface area (Å²) in [6.07, 6.45) is -4.57. The Morgan fingerprint density at radius 3 is 2.38 bits per heavy atom. The Morgan fingerprint density at radius 2 is 1.69 bits per heavy atom. The van der Waals surface area contributed by atoms with Gasteiger partial charge in [-0.2, -0.15) is 13.2 Å². The second-order valence-electron chi connectivity index (χ2n) is 7.07. The van der Waals surface area contributed by atoms with Gasteiger partial charge in [0.05, 0.1) is 11.3 Å². The van der Waals surface area contributed by atoms with Crippen LogP contribution in [0.5, 0.6) is 0 Å². The highest BCUT2D eigenvalue weighted by Crippen LogP contribution is 2.30. The van der Waals surface area contributed by atoms with Gasteiger partial charge >= 0.3 is 6.18 Å². The van der Waals surface area contributed by atoms with E-state index in [0.717, 1.165) is 16.7 Å². The highest BCUT2D eigenvalue weighted by molar-refractivity contribution is 7.71. The van der Waals surface area contributed by atoms with Crippen molar-refractivity contribution in [3.63, 3.8) is 0 Å². The smallest absolute Gasteiger partial charge is 0.348 e. The molecule has 0 spiro atoms. The molecular formula is C22H19F3N2O4S. The third-order valence-corrected chi connectivity index (χ3v) is 5.33. The molecule has 3 rings (SSSR count). The molecule has 1 amide bonds. The Labute approximate surface area is 183 Å². The molecule has 0 unspecified atom stereocenters. The Hall–Kier alpha value is -3.40. The number of thiol groups is 1. The monoisotopic (exact) mass is 464 g/mol. The van der Waals surface area contributed by atoms with Gasteiger partial charge in [0.1, 0.15) is 16.3 Å². The quantitative estimate of drug-likeness (QED) is 0.549. The van der Waals surface area contributed by atoms with E-state index < -0.39 is 33.9 Å². The molecule has 0 bridgehead atoms. The van der Waals surface area contributed by atoms with E-state index in [1.165, 1.54) is 24.3 Å². The largest absolute Gasteiger partial charge is 0.416 e. The number of aryl methyl sites for hydroxylation is 1. The number of carbonyl (C=O) groups excluding carboxylic acids is 1. The molecule has 6 nitrogen and oxygen atoms in total. The van der Waals surface area contributed by atoms with Crippen LogP contribution >= 0.6 is 0 Å². The van der Waals surface area contributed by atoms with Gasteiger partial charge in [-0.25, -0.2) is 8.42 Å². The van der Waals surface area contributed by atoms with E-state index in [1.54, 1.807) is 31.2 Å². The summed E-state index contributed by atoms with van der Waals surface area (Å²) in [5, 5.41) is 2.59. The zero-order valence-electron chi connectivity index (χ0n) is 16.8. The van der Waals surface area contributed by atoms with Crippen molar-refractivity contribution >= 4 is 16.6 Å². The number of hydrogen-bond acceptors (Lipinski definition) is 4. The molecule has 2 aromatic carbocycles. The van der Waals surface area contributed by atoms with Crippen LogP contribution in [-0.2, 0) is 29.2 Å². The van der Waals surface area contributed by atoms with Crippen molar-refractivity contribution in [2.75, 3.05) is 0 Å². The number of pyridine rings is 1. The summed E-state index contributed by atoms with van der Waals surface area (Å²) in [4.78, 5) is 25.6. The van der Waals surface area contributed by atoms with Crippen LogP contribution in [-0.4, -0.2) is 18.9 Å². The van der Waals surface area contributed by atoms with Gasteiger partial charge in [0.15, 0.2) is 0 Å². The predicted molar refractivity (Wildman–Crippen MR) is 113 cm³/mol. The minimum Gasteiger partial charge on any atom is -0.348 e. The Morgan fingerprint density at radius 1 is 1.00 bits per heavy atom. The van der Waals surface area contributed by atoms with Crippen molar-refractivity contribution in [1.29, 1.82) is 0 Å². The van der Waals surface area contributed by atoms with Gasteiger partial charge in [0, 0.05) is 17.9 Å². The molecule has 0 saturated carbocycles. The van der Waals surface area contributed by atoms with Crippen molar-refractivity contribution in [3.8, 4) is 5.69 Å². The number of halogens is 3. The molecule has 1 aromatic heterocycles. The van der Waals surface area contributed by atoms with E-state index in [0.29, 0.717) is 16.8 Å². The van der Waals surface area contributed by atoms with E-state index in [2.05, 4.69) is 5.32 Å². The van der Waals surface area contributed by atoms with Gasteiger partial charge in [-0.3, -0.25) is 14.2 Å². The molecule has 0 radical (unpaired) electrons. The minimum absolute atomic E-state index is 0.00333. The van der Waals surface area contributed by atoms with Crippen molar-refractivity contribution in [2.45, 2.75) is 25.4 Å². The van der Waals surface area contributed by atoms with Crippen LogP contribution in [0.2, 0.25) is 0 Å². The topological polar surface area (TPSA) is 85.2 Å². The lowest BCUT2D eigenvalue weighted by Crippen LogP contribution is -2.33. The summed E-state index contributed by atoms with van der Waals surface area (Å²) in [6.45, 7) is 1.59. The number of hydrogen-bond donors (Lipinski definition) is 2. The maximum atomic E-state index is 13.1. The second kappa shape index (κ2) is 9.39. The number of benzene rings is 2. The molecule has 32 heavy (non-hydrogen) atoms. The van der Waals surface area contributed by atoms with Crippen LogP contribution < -0.4 is 10.9 Å². The number of aromatic nitrogens is 1. The molecule has 1 heterocycles. The van der Waals surface area contributed by atoms with Crippen LogP contribution in [0.15, 0.2) is 65.5 Å². The first-order valence-electron chi connectivity index (χ1n) is 9.44. The van der Waals surface area contributed by atoms with Crippen molar-refractivity contribution in [1.82, 2.24) is 9.88 Å². The SMILES string of the molecule is Cc1ccc(C(=O)NCc2cccc(C[SH](=O)=O)c2)c(=O)n1-c1cccc(C(F)(F)F)c1. The number of amides is 1. The fourth-order valence-electron chi connectivity index (χ4n) is 3.21. The molecule has 0 aliphatic heterocycles. The van der Waals surface area contributed by atoms with Crippen LogP contribution in [0.1, 0.15) is 32.7 Å². The van der Waals surface area contributed by atoms with Crippen LogP contribution in [0.4, 0.5) is 13.2 Å².